The minimum Gasteiger partial charge on any atom is -0.377 e. The van der Waals surface area contributed by atoms with Crippen LogP contribution < -0.4 is 0 Å². The summed E-state index contributed by atoms with van der Waals surface area (Å²) >= 11 is 5.23. The molecule has 4 aromatic rings. The molecule has 0 aliphatic carbocycles. The first-order valence-electron chi connectivity index (χ1n) is 10.5. The van der Waals surface area contributed by atoms with Crippen LogP contribution in [-0.4, -0.2) is 38.2 Å². The van der Waals surface area contributed by atoms with Gasteiger partial charge in [0.1, 0.15) is 5.82 Å². The Labute approximate surface area is 194 Å². The van der Waals surface area contributed by atoms with Crippen LogP contribution >= 0.6 is 34.9 Å². The summed E-state index contributed by atoms with van der Waals surface area (Å²) in [6.45, 7) is 1.66. The van der Waals surface area contributed by atoms with Gasteiger partial charge in [-0.05, 0) is 37.0 Å². The van der Waals surface area contributed by atoms with Crippen molar-refractivity contribution in [3.63, 3.8) is 0 Å². The fraction of sp³-hybridized carbons (Fsp3) is 0.348. The number of para-hydroxylation sites is 1. The molecule has 8 heteroatoms. The maximum absolute atomic E-state index is 5.91. The number of hydrogen-bond donors (Lipinski definition) is 0. The molecular weight excluding hydrogens is 444 g/mol. The Kier molecular flexibility index (Phi) is 6.89. The van der Waals surface area contributed by atoms with Gasteiger partial charge in [-0.25, -0.2) is 4.98 Å². The zero-order valence-corrected chi connectivity index (χ0v) is 19.6. The van der Waals surface area contributed by atoms with E-state index in [1.165, 1.54) is 23.1 Å². The Morgan fingerprint density at radius 1 is 1.00 bits per heavy atom. The van der Waals surface area contributed by atoms with E-state index < -0.39 is 0 Å². The lowest BCUT2D eigenvalue weighted by molar-refractivity contribution is 0.0315. The number of thiazole rings is 1. The topological polar surface area (TPSA) is 52.8 Å². The van der Waals surface area contributed by atoms with Gasteiger partial charge in [-0.15, -0.1) is 21.5 Å². The molecule has 1 aliphatic heterocycles. The molecule has 31 heavy (non-hydrogen) atoms. The highest BCUT2D eigenvalue weighted by molar-refractivity contribution is 8.00. The molecule has 0 bridgehead atoms. The second-order valence-electron chi connectivity index (χ2n) is 7.51. The Morgan fingerprint density at radius 3 is 2.71 bits per heavy atom. The number of hydrogen-bond acceptors (Lipinski definition) is 7. The van der Waals surface area contributed by atoms with Gasteiger partial charge in [0.2, 0.25) is 0 Å². The molecule has 3 heterocycles. The number of rotatable bonds is 8. The molecule has 0 N–H and O–H groups in total. The Morgan fingerprint density at radius 2 is 1.87 bits per heavy atom. The number of fused-ring (bicyclic) bond motifs is 1. The number of nitrogens with zero attached hydrogens (tertiary/aromatic N) is 4. The molecule has 5 nitrogen and oxygen atoms in total. The summed E-state index contributed by atoms with van der Waals surface area (Å²) in [5.41, 5.74) is 2.31. The van der Waals surface area contributed by atoms with Gasteiger partial charge < -0.3 is 9.30 Å². The minimum atomic E-state index is 0.321. The van der Waals surface area contributed by atoms with Gasteiger partial charge in [-0.1, -0.05) is 66.0 Å². The summed E-state index contributed by atoms with van der Waals surface area (Å²) in [5.74, 6) is 2.66. The zero-order chi connectivity index (χ0) is 20.9. The molecule has 1 atom stereocenters. The third-order valence-corrected chi connectivity index (χ3v) is 8.52. The average molecular weight is 469 g/mol. The normalized spacial score (nSPS) is 16.7. The fourth-order valence-electron chi connectivity index (χ4n) is 3.60. The van der Waals surface area contributed by atoms with Gasteiger partial charge >= 0.3 is 0 Å². The summed E-state index contributed by atoms with van der Waals surface area (Å²) in [6.07, 6.45) is 3.89. The lowest BCUT2D eigenvalue weighted by Crippen LogP contribution is -2.21. The Balaban J connectivity index is 1.33. The van der Waals surface area contributed by atoms with E-state index in [-0.39, 0.29) is 0 Å². The Bertz CT molecular complexity index is 1090. The maximum Gasteiger partial charge on any atom is 0.191 e. The highest BCUT2D eigenvalue weighted by atomic mass is 32.2. The summed E-state index contributed by atoms with van der Waals surface area (Å²) in [4.78, 5) is 4.75. The van der Waals surface area contributed by atoms with Crippen LogP contribution in [0.1, 0.15) is 30.7 Å². The van der Waals surface area contributed by atoms with Crippen LogP contribution in [0.25, 0.3) is 10.2 Å². The molecule has 0 spiro atoms. The van der Waals surface area contributed by atoms with E-state index in [9.17, 15) is 0 Å². The fourth-order valence-corrected chi connectivity index (χ4v) is 6.63. The summed E-state index contributed by atoms with van der Waals surface area (Å²) in [6, 6.07) is 18.8. The molecule has 0 unspecified atom stereocenters. The van der Waals surface area contributed by atoms with E-state index >= 15 is 0 Å². The van der Waals surface area contributed by atoms with Crippen molar-refractivity contribution in [2.45, 2.75) is 47.2 Å². The van der Waals surface area contributed by atoms with Crippen LogP contribution in [0, 0.1) is 0 Å². The maximum atomic E-state index is 5.91. The van der Waals surface area contributed by atoms with Gasteiger partial charge in [0, 0.05) is 12.4 Å². The number of ether oxygens (including phenoxy) is 1. The van der Waals surface area contributed by atoms with Crippen molar-refractivity contribution < 1.29 is 4.74 Å². The SMILES string of the molecule is c1ccc(Cn2c(CSc3nc4ccccc4s3)nnc2SC[C@H]2CCCCO2)cc1. The van der Waals surface area contributed by atoms with Crippen molar-refractivity contribution in [3.05, 3.63) is 66.0 Å². The van der Waals surface area contributed by atoms with Crippen LogP contribution in [0.3, 0.4) is 0 Å². The van der Waals surface area contributed by atoms with Crippen molar-refractivity contribution in [3.8, 4) is 0 Å². The third kappa shape index (κ3) is 5.31. The zero-order valence-electron chi connectivity index (χ0n) is 17.1. The van der Waals surface area contributed by atoms with Gasteiger partial charge in [0.05, 0.1) is 28.6 Å². The van der Waals surface area contributed by atoms with Crippen LogP contribution in [-0.2, 0) is 17.0 Å². The van der Waals surface area contributed by atoms with Crippen molar-refractivity contribution >= 4 is 45.1 Å². The third-order valence-electron chi connectivity index (χ3n) is 5.25. The number of aromatic nitrogens is 4. The van der Waals surface area contributed by atoms with Crippen LogP contribution in [0.2, 0.25) is 0 Å². The summed E-state index contributed by atoms with van der Waals surface area (Å²) < 4.78 is 10.5. The van der Waals surface area contributed by atoms with Crippen molar-refractivity contribution in [1.29, 1.82) is 0 Å². The molecule has 2 aromatic carbocycles. The highest BCUT2D eigenvalue weighted by Gasteiger charge is 2.19. The summed E-state index contributed by atoms with van der Waals surface area (Å²) in [5, 5.41) is 10.1. The smallest absolute Gasteiger partial charge is 0.191 e. The van der Waals surface area contributed by atoms with E-state index in [0.717, 1.165) is 51.9 Å². The minimum absolute atomic E-state index is 0.321. The molecule has 0 radical (unpaired) electrons. The standard InChI is InChI=1S/C23H24N4OS3/c1-2-8-17(9-3-1)14-27-21(16-30-23-24-19-11-4-5-12-20(19)31-23)25-26-22(27)29-15-18-10-6-7-13-28-18/h1-5,8-9,11-12,18H,6-7,10,13-16H2/t18-/m1/s1. The van der Waals surface area contributed by atoms with Gasteiger partial charge in [0.25, 0.3) is 0 Å². The first kappa shape index (κ1) is 21.0. The molecule has 160 valence electrons. The van der Waals surface area contributed by atoms with E-state index in [1.54, 1.807) is 34.9 Å². The summed E-state index contributed by atoms with van der Waals surface area (Å²) in [7, 11) is 0. The number of thioether (sulfide) groups is 2. The molecule has 0 amide bonds. The first-order valence-corrected chi connectivity index (χ1v) is 13.3. The molecule has 5 rings (SSSR count). The van der Waals surface area contributed by atoms with Crippen LogP contribution in [0.5, 0.6) is 0 Å². The molecule has 1 saturated heterocycles. The largest absolute Gasteiger partial charge is 0.377 e. The quantitative estimate of drug-likeness (QED) is 0.301. The molecule has 1 aliphatic rings. The van der Waals surface area contributed by atoms with E-state index in [0.29, 0.717) is 6.10 Å². The van der Waals surface area contributed by atoms with Crippen molar-refractivity contribution in [2.75, 3.05) is 12.4 Å². The lowest BCUT2D eigenvalue weighted by atomic mass is 10.1. The van der Waals surface area contributed by atoms with Crippen LogP contribution in [0.4, 0.5) is 0 Å². The van der Waals surface area contributed by atoms with Gasteiger partial charge in [0.15, 0.2) is 9.50 Å². The molecular formula is C23H24N4OS3. The van der Waals surface area contributed by atoms with E-state index in [1.807, 2.05) is 6.07 Å². The van der Waals surface area contributed by atoms with Crippen molar-refractivity contribution in [1.82, 2.24) is 19.7 Å². The van der Waals surface area contributed by atoms with Crippen molar-refractivity contribution in [2.24, 2.45) is 0 Å². The van der Waals surface area contributed by atoms with E-state index in [2.05, 4.69) is 63.3 Å². The number of benzene rings is 2. The van der Waals surface area contributed by atoms with Gasteiger partial charge in [-0.3, -0.25) is 0 Å². The predicted molar refractivity (Wildman–Crippen MR) is 129 cm³/mol. The second-order valence-corrected chi connectivity index (χ2v) is 10.7. The highest BCUT2D eigenvalue weighted by Crippen LogP contribution is 2.32. The molecule has 0 saturated carbocycles. The van der Waals surface area contributed by atoms with Crippen LogP contribution in [0.15, 0.2) is 64.1 Å². The monoisotopic (exact) mass is 468 g/mol. The van der Waals surface area contributed by atoms with Gasteiger partial charge in [-0.2, -0.15) is 0 Å². The first-order chi connectivity index (χ1) is 15.3. The van der Waals surface area contributed by atoms with E-state index in [4.69, 9.17) is 9.72 Å². The predicted octanol–water partition coefficient (Wildman–Crippen LogP) is 5.89. The molecule has 2 aromatic heterocycles. The Hall–Kier alpha value is -1.87. The average Bonchev–Trinajstić information content (AvgIpc) is 3.41. The lowest BCUT2D eigenvalue weighted by Gasteiger charge is -2.22. The molecule has 1 fully saturated rings. The second kappa shape index (κ2) is 10.2.